The highest BCUT2D eigenvalue weighted by Gasteiger charge is 2.38. The van der Waals surface area contributed by atoms with Gasteiger partial charge in [0.15, 0.2) is 0 Å². The minimum atomic E-state index is 0.0850. The lowest BCUT2D eigenvalue weighted by molar-refractivity contribution is 0.332. The first-order valence-corrected chi connectivity index (χ1v) is 19.0. The first-order chi connectivity index (χ1) is 25.8. The minimum Gasteiger partial charge on any atom is -0.309 e. The lowest BCUT2D eigenvalue weighted by atomic mass is 9.63. The Hall–Kier alpha value is -6.06. The third-order valence-electron chi connectivity index (χ3n) is 12.5. The monoisotopic (exact) mass is 683 g/mol. The number of hydrogen-bond donors (Lipinski definition) is 0. The summed E-state index contributed by atoms with van der Waals surface area (Å²) < 4.78 is 7.50. The van der Waals surface area contributed by atoms with Crippen LogP contribution in [0, 0.1) is 0 Å². The van der Waals surface area contributed by atoms with E-state index in [0.717, 1.165) is 0 Å². The lowest BCUT2D eigenvalue weighted by Crippen LogP contribution is -2.33. The van der Waals surface area contributed by atoms with Gasteiger partial charge in [0.25, 0.3) is 0 Å². The Morgan fingerprint density at radius 3 is 1.43 bits per heavy atom. The van der Waals surface area contributed by atoms with E-state index in [9.17, 15) is 0 Å². The van der Waals surface area contributed by atoms with E-state index in [0.29, 0.717) is 0 Å². The van der Waals surface area contributed by atoms with Crippen LogP contribution in [-0.2, 0) is 10.8 Å². The Morgan fingerprint density at radius 2 is 0.792 bits per heavy atom. The van der Waals surface area contributed by atoms with Gasteiger partial charge in [-0.05, 0) is 102 Å². The van der Waals surface area contributed by atoms with E-state index in [2.05, 4.69) is 193 Å². The highest BCUT2D eigenvalue weighted by atomic mass is 15.0. The summed E-state index contributed by atoms with van der Waals surface area (Å²) in [5.41, 5.74) is 14.1. The van der Waals surface area contributed by atoms with Gasteiger partial charge in [0.2, 0.25) is 0 Å². The molecule has 0 atom stereocenters. The van der Waals surface area contributed by atoms with E-state index in [1.54, 1.807) is 0 Å². The van der Waals surface area contributed by atoms with Gasteiger partial charge in [-0.3, -0.25) is 0 Å². The van der Waals surface area contributed by atoms with Crippen LogP contribution >= 0.6 is 0 Å². The Kier molecular flexibility index (Phi) is 6.19. The van der Waals surface area contributed by atoms with Crippen LogP contribution in [0.15, 0.2) is 152 Å². The molecule has 3 aromatic heterocycles. The molecule has 1 aliphatic rings. The van der Waals surface area contributed by atoms with Gasteiger partial charge in [-0.25, -0.2) is 0 Å². The van der Waals surface area contributed by atoms with Crippen molar-refractivity contribution in [2.45, 2.75) is 51.4 Å². The maximum Gasteiger partial charge on any atom is 0.0788 e. The fraction of sp³-hybridized carbons (Fsp3) is 0.160. The molecule has 0 fully saturated rings. The number of aromatic nitrogens is 3. The van der Waals surface area contributed by atoms with Crippen molar-refractivity contribution >= 4 is 65.4 Å². The van der Waals surface area contributed by atoms with Crippen LogP contribution in [0.3, 0.4) is 0 Å². The van der Waals surface area contributed by atoms with Crippen molar-refractivity contribution in [3.63, 3.8) is 0 Å². The summed E-state index contributed by atoms with van der Waals surface area (Å²) in [6, 6.07) is 56.4. The highest BCUT2D eigenvalue weighted by Crippen LogP contribution is 2.50. The van der Waals surface area contributed by atoms with Crippen molar-refractivity contribution in [3.05, 3.63) is 163 Å². The quantitative estimate of drug-likeness (QED) is 0.176. The number of nitrogens with zero attached hydrogens (tertiary/aromatic N) is 3. The Bertz CT molecular complexity index is 3100. The predicted molar refractivity (Wildman–Crippen MR) is 225 cm³/mol. The Labute approximate surface area is 309 Å². The molecule has 0 radical (unpaired) electrons. The van der Waals surface area contributed by atoms with Crippen LogP contribution in [0.4, 0.5) is 0 Å². The van der Waals surface area contributed by atoms with E-state index >= 15 is 0 Å². The molecular formula is C50H41N3. The first-order valence-electron chi connectivity index (χ1n) is 19.0. The molecule has 256 valence electrons. The summed E-state index contributed by atoms with van der Waals surface area (Å²) in [4.78, 5) is 0. The fourth-order valence-electron chi connectivity index (χ4n) is 9.68. The van der Waals surface area contributed by atoms with Crippen molar-refractivity contribution in [1.82, 2.24) is 13.7 Å². The third kappa shape index (κ3) is 4.22. The summed E-state index contributed by atoms with van der Waals surface area (Å²) in [6.07, 6.45) is 2.36. The third-order valence-corrected chi connectivity index (χ3v) is 12.5. The molecule has 10 aromatic rings. The SMILES string of the molecule is CC1(C)CCC(C)(C)c2cc3c(cc21)c1ccc2c4ccccc4n(-c4ccccc4)c2c1n3-c1ccc2c(c1)c1ccccc1n2-c1ccccc1. The van der Waals surface area contributed by atoms with E-state index < -0.39 is 0 Å². The molecule has 0 saturated carbocycles. The highest BCUT2D eigenvalue weighted by molar-refractivity contribution is 6.24. The number of para-hydroxylation sites is 4. The molecule has 0 spiro atoms. The van der Waals surface area contributed by atoms with Crippen molar-refractivity contribution < 1.29 is 0 Å². The zero-order valence-electron chi connectivity index (χ0n) is 30.7. The average molecular weight is 684 g/mol. The molecule has 7 aromatic carbocycles. The molecule has 0 saturated heterocycles. The summed E-state index contributed by atoms with van der Waals surface area (Å²) >= 11 is 0. The maximum atomic E-state index is 2.59. The number of hydrogen-bond acceptors (Lipinski definition) is 0. The summed E-state index contributed by atoms with van der Waals surface area (Å²) in [6.45, 7) is 9.76. The van der Waals surface area contributed by atoms with Gasteiger partial charge in [-0.1, -0.05) is 113 Å². The second-order valence-electron chi connectivity index (χ2n) is 16.5. The molecule has 3 heteroatoms. The number of rotatable bonds is 3. The summed E-state index contributed by atoms with van der Waals surface area (Å²) in [5.74, 6) is 0. The second kappa shape index (κ2) is 10.7. The van der Waals surface area contributed by atoms with Crippen LogP contribution in [0.5, 0.6) is 0 Å². The molecule has 3 nitrogen and oxygen atoms in total. The number of benzene rings is 7. The average Bonchev–Trinajstić information content (AvgIpc) is 3.82. The Morgan fingerprint density at radius 1 is 0.340 bits per heavy atom. The Balaban J connectivity index is 1.34. The van der Waals surface area contributed by atoms with Gasteiger partial charge >= 0.3 is 0 Å². The van der Waals surface area contributed by atoms with Gasteiger partial charge in [-0.2, -0.15) is 0 Å². The van der Waals surface area contributed by atoms with Gasteiger partial charge in [-0.15, -0.1) is 0 Å². The van der Waals surface area contributed by atoms with Crippen LogP contribution in [0.2, 0.25) is 0 Å². The zero-order chi connectivity index (χ0) is 35.6. The van der Waals surface area contributed by atoms with Crippen LogP contribution in [0.25, 0.3) is 82.5 Å². The van der Waals surface area contributed by atoms with Crippen molar-refractivity contribution in [3.8, 4) is 17.1 Å². The van der Waals surface area contributed by atoms with Crippen LogP contribution in [-0.4, -0.2) is 13.7 Å². The van der Waals surface area contributed by atoms with E-state index in [1.807, 2.05) is 0 Å². The number of fused-ring (bicyclic) bond motifs is 11. The van der Waals surface area contributed by atoms with E-state index in [-0.39, 0.29) is 10.8 Å². The molecule has 11 rings (SSSR count). The molecule has 0 unspecified atom stereocenters. The molecule has 53 heavy (non-hydrogen) atoms. The second-order valence-corrected chi connectivity index (χ2v) is 16.5. The predicted octanol–water partition coefficient (Wildman–Crippen LogP) is 13.3. The normalized spacial score (nSPS) is 15.3. The molecule has 3 heterocycles. The van der Waals surface area contributed by atoms with Crippen LogP contribution < -0.4 is 0 Å². The lowest BCUT2D eigenvalue weighted by Gasteiger charge is -2.42. The van der Waals surface area contributed by atoms with E-state index in [4.69, 9.17) is 0 Å². The van der Waals surface area contributed by atoms with Crippen molar-refractivity contribution in [2.24, 2.45) is 0 Å². The fourth-order valence-corrected chi connectivity index (χ4v) is 9.68. The van der Waals surface area contributed by atoms with Crippen molar-refractivity contribution in [1.29, 1.82) is 0 Å². The molecular weight excluding hydrogens is 643 g/mol. The molecule has 0 aliphatic heterocycles. The van der Waals surface area contributed by atoms with E-state index in [1.165, 1.54) is 106 Å². The van der Waals surface area contributed by atoms with Crippen molar-refractivity contribution in [2.75, 3.05) is 0 Å². The van der Waals surface area contributed by atoms with Gasteiger partial charge in [0.05, 0.1) is 33.1 Å². The molecule has 1 aliphatic carbocycles. The zero-order valence-corrected chi connectivity index (χ0v) is 30.7. The maximum absolute atomic E-state index is 2.59. The summed E-state index contributed by atoms with van der Waals surface area (Å²) in [7, 11) is 0. The van der Waals surface area contributed by atoms with Gasteiger partial charge in [0.1, 0.15) is 0 Å². The smallest absolute Gasteiger partial charge is 0.0788 e. The minimum absolute atomic E-state index is 0.0850. The van der Waals surface area contributed by atoms with Gasteiger partial charge < -0.3 is 13.7 Å². The molecule has 0 amide bonds. The van der Waals surface area contributed by atoms with Gasteiger partial charge in [0, 0.05) is 49.4 Å². The summed E-state index contributed by atoms with van der Waals surface area (Å²) in [5, 5.41) is 7.68. The van der Waals surface area contributed by atoms with Crippen LogP contribution in [0.1, 0.15) is 51.7 Å². The molecule has 0 N–H and O–H groups in total. The first kappa shape index (κ1) is 30.6. The standard InChI is InChI=1S/C50H41N3/c1-49(2)27-28-50(3,4)42-31-46-40(30-41(42)49)38-25-24-37-35-19-11-14-22-44(35)52(33-17-9-6-10-18-33)47(37)48(38)53(46)34-23-26-45-39(29-34)36-20-12-13-21-43(36)51(45)32-15-7-5-8-16-32/h5-26,29-31H,27-28H2,1-4H3. The largest absolute Gasteiger partial charge is 0.309 e. The topological polar surface area (TPSA) is 14.8 Å². The molecule has 0 bridgehead atoms.